The number of rotatable bonds is 6. The van der Waals surface area contributed by atoms with Crippen LogP contribution in [0, 0.1) is 5.41 Å². The molecule has 20 heavy (non-hydrogen) atoms. The van der Waals surface area contributed by atoms with Gasteiger partial charge in [-0.2, -0.15) is 0 Å². The molecule has 2 aliphatic rings. The molecule has 2 aliphatic heterocycles. The van der Waals surface area contributed by atoms with E-state index in [1.54, 1.807) is 0 Å². The Hall–Kier alpha value is -0.320. The lowest BCUT2D eigenvalue weighted by molar-refractivity contribution is -0.142. The van der Waals surface area contributed by atoms with Gasteiger partial charge in [-0.3, -0.25) is 4.79 Å². The van der Waals surface area contributed by atoms with Gasteiger partial charge in [-0.15, -0.1) is 11.6 Å². The highest BCUT2D eigenvalue weighted by atomic mass is 35.5. The summed E-state index contributed by atoms with van der Waals surface area (Å²) in [5.41, 5.74) is -0.529. The summed E-state index contributed by atoms with van der Waals surface area (Å²) >= 11 is 5.96. The summed E-state index contributed by atoms with van der Waals surface area (Å²) < 4.78 is 11.4. The molecule has 116 valence electrons. The molecule has 2 saturated heterocycles. The predicted octanol–water partition coefficient (Wildman–Crippen LogP) is 2.44. The summed E-state index contributed by atoms with van der Waals surface area (Å²) in [5.74, 6) is 0.442. The van der Waals surface area contributed by atoms with Crippen LogP contribution in [0.2, 0.25) is 0 Å². The minimum absolute atomic E-state index is 0.110. The molecule has 2 fully saturated rings. The molecule has 1 amide bonds. The molecule has 0 spiro atoms. The lowest BCUT2D eigenvalue weighted by atomic mass is 9.93. The maximum atomic E-state index is 12.7. The molecule has 5 heteroatoms. The fraction of sp³-hybridized carbons (Fsp3) is 0.933. The first-order chi connectivity index (χ1) is 9.53. The van der Waals surface area contributed by atoms with Crippen LogP contribution in [0.15, 0.2) is 0 Å². The van der Waals surface area contributed by atoms with Crippen molar-refractivity contribution in [1.29, 1.82) is 0 Å². The predicted molar refractivity (Wildman–Crippen MR) is 79.0 cm³/mol. The topological polar surface area (TPSA) is 38.8 Å². The molecule has 2 rings (SSSR count). The number of alkyl halides is 1. The molecule has 0 radical (unpaired) electrons. The molecule has 0 aromatic rings. The van der Waals surface area contributed by atoms with Crippen molar-refractivity contribution in [3.8, 4) is 0 Å². The normalized spacial score (nSPS) is 26.9. The van der Waals surface area contributed by atoms with Crippen molar-refractivity contribution in [3.05, 3.63) is 0 Å². The third-order valence-corrected chi connectivity index (χ3v) is 4.76. The van der Waals surface area contributed by atoms with Crippen LogP contribution in [0.3, 0.4) is 0 Å². The first-order valence-corrected chi connectivity index (χ1v) is 8.15. The Labute approximate surface area is 126 Å². The van der Waals surface area contributed by atoms with Crippen molar-refractivity contribution in [2.45, 2.75) is 51.7 Å². The molecule has 0 bridgehead atoms. The average Bonchev–Trinajstić information content (AvgIpc) is 3.10. The zero-order valence-electron chi connectivity index (χ0n) is 12.6. The highest BCUT2D eigenvalue weighted by Gasteiger charge is 2.34. The van der Waals surface area contributed by atoms with Gasteiger partial charge in [-0.05, 0) is 39.5 Å². The number of hydrogen-bond donors (Lipinski definition) is 0. The van der Waals surface area contributed by atoms with E-state index in [1.807, 2.05) is 18.7 Å². The lowest BCUT2D eigenvalue weighted by Gasteiger charge is -2.33. The Morgan fingerprint density at radius 3 is 2.00 bits per heavy atom. The van der Waals surface area contributed by atoms with E-state index in [4.69, 9.17) is 21.1 Å². The summed E-state index contributed by atoms with van der Waals surface area (Å²) in [5, 5.41) is 0. The van der Waals surface area contributed by atoms with E-state index < -0.39 is 5.41 Å². The van der Waals surface area contributed by atoms with E-state index in [9.17, 15) is 4.79 Å². The number of carbonyl (C=O) groups excluding carboxylic acids is 1. The van der Waals surface area contributed by atoms with Gasteiger partial charge in [0, 0.05) is 32.2 Å². The molecular weight excluding hydrogens is 278 g/mol. The van der Waals surface area contributed by atoms with Gasteiger partial charge in [0.2, 0.25) is 5.91 Å². The van der Waals surface area contributed by atoms with Gasteiger partial charge in [-0.1, -0.05) is 0 Å². The number of amides is 1. The van der Waals surface area contributed by atoms with Crippen LogP contribution in [0.25, 0.3) is 0 Å². The van der Waals surface area contributed by atoms with Crippen molar-refractivity contribution < 1.29 is 14.3 Å². The second-order valence-corrected chi connectivity index (χ2v) is 6.76. The number of ether oxygens (including phenoxy) is 2. The van der Waals surface area contributed by atoms with Crippen molar-refractivity contribution >= 4 is 17.5 Å². The van der Waals surface area contributed by atoms with Crippen molar-refractivity contribution in [3.63, 3.8) is 0 Å². The van der Waals surface area contributed by atoms with Crippen LogP contribution in [-0.4, -0.2) is 55.2 Å². The molecule has 0 aliphatic carbocycles. The Morgan fingerprint density at radius 2 is 1.65 bits per heavy atom. The highest BCUT2D eigenvalue weighted by molar-refractivity contribution is 6.19. The van der Waals surface area contributed by atoms with E-state index in [2.05, 4.69) is 0 Å². The summed E-state index contributed by atoms with van der Waals surface area (Å²) in [6.45, 7) is 6.76. The maximum absolute atomic E-state index is 12.7. The largest absolute Gasteiger partial charge is 0.376 e. The van der Waals surface area contributed by atoms with Gasteiger partial charge in [-0.25, -0.2) is 0 Å². The van der Waals surface area contributed by atoms with Crippen LogP contribution >= 0.6 is 11.6 Å². The molecular formula is C15H26ClNO3. The number of nitrogens with zero attached hydrogens (tertiary/aromatic N) is 1. The molecule has 2 heterocycles. The fourth-order valence-electron chi connectivity index (χ4n) is 2.79. The third-order valence-electron chi connectivity index (χ3n) is 4.10. The average molecular weight is 304 g/mol. The zero-order valence-corrected chi connectivity index (χ0v) is 13.3. The number of halogens is 1. The lowest BCUT2D eigenvalue weighted by Crippen LogP contribution is -2.48. The van der Waals surface area contributed by atoms with Gasteiger partial charge < -0.3 is 14.4 Å². The highest BCUT2D eigenvalue weighted by Crippen LogP contribution is 2.24. The van der Waals surface area contributed by atoms with Crippen LogP contribution in [0.5, 0.6) is 0 Å². The number of hydrogen-bond acceptors (Lipinski definition) is 3. The van der Waals surface area contributed by atoms with Gasteiger partial charge in [0.1, 0.15) is 0 Å². The van der Waals surface area contributed by atoms with E-state index >= 15 is 0 Å². The zero-order chi connectivity index (χ0) is 14.6. The first-order valence-electron chi connectivity index (χ1n) is 7.61. The SMILES string of the molecule is CC(C)(CCl)C(=O)N(CC1CCCO1)CC1CCCO1. The van der Waals surface area contributed by atoms with Gasteiger partial charge in [0.05, 0.1) is 17.6 Å². The van der Waals surface area contributed by atoms with Gasteiger partial charge in [0.15, 0.2) is 0 Å². The summed E-state index contributed by atoms with van der Waals surface area (Å²) in [7, 11) is 0. The van der Waals surface area contributed by atoms with Crippen molar-refractivity contribution in [1.82, 2.24) is 4.90 Å². The summed E-state index contributed by atoms with van der Waals surface area (Å²) in [6.07, 6.45) is 4.60. The Kier molecular flexibility index (Phi) is 5.70. The second kappa shape index (κ2) is 7.10. The van der Waals surface area contributed by atoms with Gasteiger partial charge in [0.25, 0.3) is 0 Å². The second-order valence-electron chi connectivity index (χ2n) is 6.50. The molecule has 0 aromatic heterocycles. The van der Waals surface area contributed by atoms with Crippen LogP contribution in [-0.2, 0) is 14.3 Å². The van der Waals surface area contributed by atoms with Gasteiger partial charge >= 0.3 is 0 Å². The number of carbonyl (C=O) groups is 1. The Balaban J connectivity index is 1.99. The molecule has 4 nitrogen and oxygen atoms in total. The molecule has 0 saturated carbocycles. The summed E-state index contributed by atoms with van der Waals surface area (Å²) in [6, 6.07) is 0. The first kappa shape index (κ1) is 16.1. The molecule has 2 atom stereocenters. The maximum Gasteiger partial charge on any atom is 0.229 e. The smallest absolute Gasteiger partial charge is 0.229 e. The van der Waals surface area contributed by atoms with Crippen molar-refractivity contribution in [2.75, 3.05) is 32.2 Å². The van der Waals surface area contributed by atoms with E-state index in [0.717, 1.165) is 38.9 Å². The van der Waals surface area contributed by atoms with Crippen LogP contribution in [0.4, 0.5) is 0 Å². The van der Waals surface area contributed by atoms with E-state index in [0.29, 0.717) is 19.0 Å². The molecule has 0 aromatic carbocycles. The summed E-state index contributed by atoms with van der Waals surface area (Å²) in [4.78, 5) is 14.6. The fourth-order valence-corrected chi connectivity index (χ4v) is 2.91. The minimum Gasteiger partial charge on any atom is -0.376 e. The Morgan fingerprint density at radius 1 is 1.15 bits per heavy atom. The Bertz CT molecular complexity index is 305. The van der Waals surface area contributed by atoms with Crippen LogP contribution < -0.4 is 0 Å². The van der Waals surface area contributed by atoms with Crippen molar-refractivity contribution in [2.24, 2.45) is 5.41 Å². The quantitative estimate of drug-likeness (QED) is 0.708. The molecule has 0 N–H and O–H groups in total. The third kappa shape index (κ3) is 4.09. The standard InChI is InChI=1S/C15H26ClNO3/c1-15(2,11-16)14(18)17(9-12-5-3-7-19-12)10-13-6-4-8-20-13/h12-13H,3-11H2,1-2H3. The monoisotopic (exact) mass is 303 g/mol. The minimum atomic E-state index is -0.529. The van der Waals surface area contributed by atoms with E-state index in [1.165, 1.54) is 0 Å². The molecule has 2 unspecified atom stereocenters. The van der Waals surface area contributed by atoms with E-state index in [-0.39, 0.29) is 18.1 Å². The van der Waals surface area contributed by atoms with Crippen LogP contribution in [0.1, 0.15) is 39.5 Å².